The molecule has 1 N–H and O–H groups in total. The SMILES string of the molecule is CC(Oc1nn2c(-c3ccccc3)nnc2cc1-c1ccsc1)c1nc[nH]n1. The summed E-state index contributed by atoms with van der Waals surface area (Å²) in [6.45, 7) is 1.89. The Hall–Kier alpha value is -3.59. The lowest BCUT2D eigenvalue weighted by Gasteiger charge is -2.14. The largest absolute Gasteiger partial charge is 0.465 e. The average molecular weight is 389 g/mol. The van der Waals surface area contributed by atoms with Crippen LogP contribution in [0.3, 0.4) is 0 Å². The van der Waals surface area contributed by atoms with Crippen LogP contribution < -0.4 is 4.74 Å². The molecule has 28 heavy (non-hydrogen) atoms. The number of hydrogen-bond donors (Lipinski definition) is 1. The highest BCUT2D eigenvalue weighted by molar-refractivity contribution is 7.08. The van der Waals surface area contributed by atoms with Gasteiger partial charge in [0.1, 0.15) is 6.33 Å². The fraction of sp³-hybridized carbons (Fsp3) is 0.105. The summed E-state index contributed by atoms with van der Waals surface area (Å²) in [6.07, 6.45) is 1.16. The zero-order valence-corrected chi connectivity index (χ0v) is 15.7. The summed E-state index contributed by atoms with van der Waals surface area (Å²) in [5.74, 6) is 1.69. The Bertz CT molecular complexity index is 1200. The van der Waals surface area contributed by atoms with Crippen LogP contribution in [0, 0.1) is 0 Å². The second-order valence-electron chi connectivity index (χ2n) is 6.15. The maximum absolute atomic E-state index is 6.15. The maximum Gasteiger partial charge on any atom is 0.240 e. The van der Waals surface area contributed by atoms with E-state index in [0.717, 1.165) is 16.7 Å². The number of nitrogens with one attached hydrogen (secondary N) is 1. The number of fused-ring (bicyclic) bond motifs is 1. The van der Waals surface area contributed by atoms with Gasteiger partial charge in [-0.1, -0.05) is 30.3 Å². The number of H-pyrrole nitrogens is 1. The van der Waals surface area contributed by atoms with E-state index in [9.17, 15) is 0 Å². The zero-order chi connectivity index (χ0) is 18.9. The van der Waals surface area contributed by atoms with Gasteiger partial charge in [0.25, 0.3) is 0 Å². The molecule has 0 spiro atoms. The van der Waals surface area contributed by atoms with Gasteiger partial charge in [-0.3, -0.25) is 5.10 Å². The number of aromatic nitrogens is 7. The summed E-state index contributed by atoms with van der Waals surface area (Å²) in [5.41, 5.74) is 3.45. The zero-order valence-electron chi connectivity index (χ0n) is 14.9. The van der Waals surface area contributed by atoms with E-state index in [0.29, 0.717) is 23.2 Å². The van der Waals surface area contributed by atoms with Crippen molar-refractivity contribution >= 4 is 17.0 Å². The van der Waals surface area contributed by atoms with Crippen LogP contribution in [0.1, 0.15) is 18.9 Å². The Kier molecular flexibility index (Phi) is 4.06. The highest BCUT2D eigenvalue weighted by atomic mass is 32.1. The molecule has 0 aliphatic heterocycles. The van der Waals surface area contributed by atoms with Crippen molar-refractivity contribution in [1.82, 2.24) is 35.0 Å². The summed E-state index contributed by atoms with van der Waals surface area (Å²) in [4.78, 5) is 4.17. The molecule has 1 atom stereocenters. The topological polar surface area (TPSA) is 93.9 Å². The number of ether oxygens (including phenoxy) is 1. The summed E-state index contributed by atoms with van der Waals surface area (Å²) in [6, 6.07) is 13.8. The van der Waals surface area contributed by atoms with Gasteiger partial charge in [-0.25, -0.2) is 4.98 Å². The fourth-order valence-corrected chi connectivity index (χ4v) is 3.59. The van der Waals surface area contributed by atoms with Crippen molar-refractivity contribution in [3.8, 4) is 28.4 Å². The number of nitrogens with zero attached hydrogens (tertiary/aromatic N) is 6. The van der Waals surface area contributed by atoms with Gasteiger partial charge >= 0.3 is 0 Å². The van der Waals surface area contributed by atoms with Crippen molar-refractivity contribution in [2.75, 3.05) is 0 Å². The molecule has 0 aliphatic rings. The van der Waals surface area contributed by atoms with E-state index in [4.69, 9.17) is 9.84 Å². The Morgan fingerprint density at radius 2 is 2.00 bits per heavy atom. The lowest BCUT2D eigenvalue weighted by Crippen LogP contribution is -2.09. The van der Waals surface area contributed by atoms with E-state index >= 15 is 0 Å². The van der Waals surface area contributed by atoms with Crippen LogP contribution in [0.25, 0.3) is 28.2 Å². The molecule has 5 rings (SSSR count). The molecule has 0 bridgehead atoms. The van der Waals surface area contributed by atoms with E-state index in [1.165, 1.54) is 6.33 Å². The molecule has 0 saturated carbocycles. The number of hydrogen-bond acceptors (Lipinski definition) is 7. The molecule has 0 aliphatic carbocycles. The minimum atomic E-state index is -0.370. The van der Waals surface area contributed by atoms with Gasteiger partial charge in [-0.05, 0) is 35.4 Å². The van der Waals surface area contributed by atoms with Gasteiger partial charge in [0, 0.05) is 5.56 Å². The van der Waals surface area contributed by atoms with Crippen LogP contribution in [-0.4, -0.2) is 35.0 Å². The molecule has 0 saturated heterocycles. The fourth-order valence-electron chi connectivity index (χ4n) is 2.93. The molecule has 9 heteroatoms. The van der Waals surface area contributed by atoms with Crippen molar-refractivity contribution < 1.29 is 4.74 Å². The number of benzene rings is 1. The lowest BCUT2D eigenvalue weighted by molar-refractivity contribution is 0.206. The van der Waals surface area contributed by atoms with Crippen molar-refractivity contribution in [3.63, 3.8) is 0 Å². The van der Waals surface area contributed by atoms with Gasteiger partial charge in [0.2, 0.25) is 5.88 Å². The van der Waals surface area contributed by atoms with E-state index in [-0.39, 0.29) is 6.10 Å². The van der Waals surface area contributed by atoms with Crippen molar-refractivity contribution in [2.45, 2.75) is 13.0 Å². The average Bonchev–Trinajstić information content (AvgIpc) is 3.49. The van der Waals surface area contributed by atoms with Crippen LogP contribution in [0.5, 0.6) is 5.88 Å². The third-order valence-corrected chi connectivity index (χ3v) is 4.99. The third kappa shape index (κ3) is 2.91. The van der Waals surface area contributed by atoms with Gasteiger partial charge in [-0.2, -0.15) is 21.0 Å². The summed E-state index contributed by atoms with van der Waals surface area (Å²) >= 11 is 1.61. The first kappa shape index (κ1) is 16.6. The van der Waals surface area contributed by atoms with Gasteiger partial charge < -0.3 is 4.74 Å². The maximum atomic E-state index is 6.15. The van der Waals surface area contributed by atoms with Crippen LogP contribution in [0.4, 0.5) is 0 Å². The van der Waals surface area contributed by atoms with E-state index in [2.05, 4.69) is 25.4 Å². The number of thiophene rings is 1. The second kappa shape index (κ2) is 6.86. The van der Waals surface area contributed by atoms with Gasteiger partial charge in [0.15, 0.2) is 23.4 Å². The summed E-state index contributed by atoms with van der Waals surface area (Å²) < 4.78 is 7.85. The molecule has 0 radical (unpaired) electrons. The third-order valence-electron chi connectivity index (χ3n) is 4.31. The van der Waals surface area contributed by atoms with Crippen LogP contribution in [0.15, 0.2) is 59.6 Å². The Labute approximate surface area is 163 Å². The minimum Gasteiger partial charge on any atom is -0.465 e. The molecule has 8 nitrogen and oxygen atoms in total. The van der Waals surface area contributed by atoms with E-state index in [1.807, 2.05) is 60.1 Å². The second-order valence-corrected chi connectivity index (χ2v) is 6.93. The molecular weight excluding hydrogens is 374 g/mol. The Morgan fingerprint density at radius 1 is 1.11 bits per heavy atom. The lowest BCUT2D eigenvalue weighted by atomic mass is 10.1. The summed E-state index contributed by atoms with van der Waals surface area (Å²) in [7, 11) is 0. The van der Waals surface area contributed by atoms with E-state index in [1.54, 1.807) is 15.9 Å². The number of rotatable bonds is 5. The minimum absolute atomic E-state index is 0.370. The molecule has 5 aromatic rings. The monoisotopic (exact) mass is 389 g/mol. The molecule has 4 aromatic heterocycles. The van der Waals surface area contributed by atoms with Crippen molar-refractivity contribution in [3.05, 3.63) is 65.4 Å². The first-order valence-corrected chi connectivity index (χ1v) is 9.60. The summed E-state index contributed by atoms with van der Waals surface area (Å²) in [5, 5.41) is 24.2. The Balaban J connectivity index is 1.65. The first-order valence-electron chi connectivity index (χ1n) is 8.66. The van der Waals surface area contributed by atoms with E-state index < -0.39 is 0 Å². The molecule has 0 fully saturated rings. The molecular formula is C19H15N7OS. The normalized spacial score (nSPS) is 12.3. The highest BCUT2D eigenvalue weighted by Gasteiger charge is 2.20. The molecule has 0 amide bonds. The first-order chi connectivity index (χ1) is 13.8. The standard InChI is InChI=1S/C19H15N7OS/c1-12(17-20-11-21-23-17)27-19-15(14-7-8-28-10-14)9-16-22-24-18(26(16)25-19)13-5-3-2-4-6-13/h2-12H,1H3,(H,20,21,23). The van der Waals surface area contributed by atoms with Crippen LogP contribution in [0.2, 0.25) is 0 Å². The highest BCUT2D eigenvalue weighted by Crippen LogP contribution is 2.33. The Morgan fingerprint density at radius 3 is 2.75 bits per heavy atom. The smallest absolute Gasteiger partial charge is 0.240 e. The van der Waals surface area contributed by atoms with Crippen molar-refractivity contribution in [1.29, 1.82) is 0 Å². The molecule has 4 heterocycles. The quantitative estimate of drug-likeness (QED) is 0.492. The molecule has 1 unspecified atom stereocenters. The van der Waals surface area contributed by atoms with Crippen LogP contribution in [-0.2, 0) is 0 Å². The number of aromatic amines is 1. The predicted octanol–water partition coefficient (Wildman–Crippen LogP) is 3.78. The molecule has 1 aromatic carbocycles. The van der Waals surface area contributed by atoms with Crippen LogP contribution >= 0.6 is 11.3 Å². The van der Waals surface area contributed by atoms with Gasteiger partial charge in [0.05, 0.1) is 5.56 Å². The van der Waals surface area contributed by atoms with Gasteiger partial charge in [-0.15, -0.1) is 15.3 Å². The molecule has 138 valence electrons. The van der Waals surface area contributed by atoms with Crippen molar-refractivity contribution in [2.24, 2.45) is 0 Å². The predicted molar refractivity (Wildman–Crippen MR) is 105 cm³/mol.